The Morgan fingerprint density at radius 1 is 1.23 bits per heavy atom. The van der Waals surface area contributed by atoms with E-state index < -0.39 is 12.2 Å². The van der Waals surface area contributed by atoms with Crippen LogP contribution in [0.5, 0.6) is 11.5 Å². The van der Waals surface area contributed by atoms with Crippen molar-refractivity contribution < 1.29 is 28.5 Å². The minimum atomic E-state index is -0.557. The molecule has 1 N–H and O–H groups in total. The molecule has 31 heavy (non-hydrogen) atoms. The Morgan fingerprint density at radius 2 is 2.06 bits per heavy atom. The molecule has 2 aromatic carbocycles. The summed E-state index contributed by atoms with van der Waals surface area (Å²) < 4.78 is 30.1. The summed E-state index contributed by atoms with van der Waals surface area (Å²) in [7, 11) is 1.63. The van der Waals surface area contributed by atoms with Crippen LogP contribution in [0.4, 0.5) is 9.18 Å². The van der Waals surface area contributed by atoms with Gasteiger partial charge in [-0.1, -0.05) is 12.1 Å². The average Bonchev–Trinajstić information content (AvgIpc) is 3.14. The van der Waals surface area contributed by atoms with Crippen LogP contribution in [-0.4, -0.2) is 55.1 Å². The highest BCUT2D eigenvalue weighted by Gasteiger charge is 2.35. The van der Waals surface area contributed by atoms with E-state index in [0.29, 0.717) is 38.2 Å². The summed E-state index contributed by atoms with van der Waals surface area (Å²) in [6.45, 7) is 2.67. The Morgan fingerprint density at radius 3 is 2.84 bits per heavy atom. The highest BCUT2D eigenvalue weighted by Crippen LogP contribution is 2.25. The fraction of sp³-hybridized carbons (Fsp3) is 0.458. The summed E-state index contributed by atoms with van der Waals surface area (Å²) in [5.41, 5.74) is 1.89. The van der Waals surface area contributed by atoms with Gasteiger partial charge < -0.3 is 24.2 Å². The molecule has 1 heterocycles. The molecule has 2 aromatic rings. The van der Waals surface area contributed by atoms with Gasteiger partial charge in [0.1, 0.15) is 17.3 Å². The maximum absolute atomic E-state index is 13.9. The Hall–Kier alpha value is -2.80. The number of aliphatic hydroxyl groups excluding tert-OH is 1. The molecular weight excluding hydrogens is 401 g/mol. The number of benzene rings is 2. The second-order valence-electron chi connectivity index (χ2n) is 7.64. The van der Waals surface area contributed by atoms with E-state index in [4.69, 9.17) is 14.2 Å². The molecule has 0 aromatic heterocycles. The number of amides is 1. The zero-order chi connectivity index (χ0) is 22.2. The molecule has 1 aliphatic heterocycles. The zero-order valence-electron chi connectivity index (χ0n) is 18.1. The molecule has 0 spiro atoms. The Balaban J connectivity index is 1.59. The van der Waals surface area contributed by atoms with Crippen LogP contribution in [-0.2, 0) is 17.6 Å². The van der Waals surface area contributed by atoms with Gasteiger partial charge in [-0.25, -0.2) is 9.18 Å². The van der Waals surface area contributed by atoms with Crippen molar-refractivity contribution in [2.24, 2.45) is 0 Å². The van der Waals surface area contributed by atoms with Crippen LogP contribution in [0.25, 0.3) is 0 Å². The van der Waals surface area contributed by atoms with Gasteiger partial charge in [0, 0.05) is 12.5 Å². The summed E-state index contributed by atoms with van der Waals surface area (Å²) >= 11 is 0. The SMILES string of the molecule is CCOC(=O)N1C[C@H](O)C[C@H]1CCOc1ccc(F)cc1CCc1cccc(OC)c1. The molecule has 1 fully saturated rings. The van der Waals surface area contributed by atoms with Crippen LogP contribution in [0.2, 0.25) is 0 Å². The molecule has 0 radical (unpaired) electrons. The first-order valence-corrected chi connectivity index (χ1v) is 10.7. The van der Waals surface area contributed by atoms with Crippen molar-refractivity contribution >= 4 is 6.09 Å². The number of aryl methyl sites for hydroxylation is 2. The minimum Gasteiger partial charge on any atom is -0.497 e. The predicted molar refractivity (Wildman–Crippen MR) is 115 cm³/mol. The fourth-order valence-corrected chi connectivity index (χ4v) is 3.89. The normalized spacial score (nSPS) is 18.1. The molecule has 2 atom stereocenters. The first-order chi connectivity index (χ1) is 15.0. The number of rotatable bonds is 9. The first kappa shape index (κ1) is 22.9. The van der Waals surface area contributed by atoms with Gasteiger partial charge in [0.15, 0.2) is 0 Å². The summed E-state index contributed by atoms with van der Waals surface area (Å²) in [4.78, 5) is 13.7. The third kappa shape index (κ3) is 6.34. The highest BCUT2D eigenvalue weighted by atomic mass is 19.1. The van der Waals surface area contributed by atoms with Gasteiger partial charge in [-0.3, -0.25) is 0 Å². The van der Waals surface area contributed by atoms with Gasteiger partial charge in [0.25, 0.3) is 0 Å². The zero-order valence-corrected chi connectivity index (χ0v) is 18.1. The van der Waals surface area contributed by atoms with E-state index in [2.05, 4.69) is 0 Å². The number of methoxy groups -OCH3 is 1. The number of β-amino-alcohol motifs (C(OH)–C–C–N with tert-alkyl or cyclic N) is 1. The molecule has 1 amide bonds. The number of hydrogen-bond donors (Lipinski definition) is 1. The van der Waals surface area contributed by atoms with E-state index in [-0.39, 0.29) is 18.4 Å². The third-order valence-corrected chi connectivity index (χ3v) is 5.44. The summed E-state index contributed by atoms with van der Waals surface area (Å²) in [6.07, 6.45) is 1.43. The topological polar surface area (TPSA) is 68.2 Å². The molecule has 7 heteroatoms. The smallest absolute Gasteiger partial charge is 0.410 e. The number of hydrogen-bond acceptors (Lipinski definition) is 5. The maximum atomic E-state index is 13.9. The lowest BCUT2D eigenvalue weighted by Gasteiger charge is -2.23. The van der Waals surface area contributed by atoms with Crippen LogP contribution >= 0.6 is 0 Å². The van der Waals surface area contributed by atoms with Crippen LogP contribution in [0.1, 0.15) is 30.9 Å². The van der Waals surface area contributed by atoms with E-state index in [0.717, 1.165) is 23.3 Å². The molecule has 1 aliphatic rings. The van der Waals surface area contributed by atoms with E-state index >= 15 is 0 Å². The van der Waals surface area contributed by atoms with Crippen LogP contribution in [0, 0.1) is 5.82 Å². The van der Waals surface area contributed by atoms with E-state index in [1.807, 2.05) is 24.3 Å². The molecule has 6 nitrogen and oxygen atoms in total. The number of halogens is 1. The summed E-state index contributed by atoms with van der Waals surface area (Å²) in [6, 6.07) is 12.2. The Kier molecular flexibility index (Phi) is 8.12. The van der Waals surface area contributed by atoms with Gasteiger partial charge in [0.2, 0.25) is 0 Å². The number of nitrogens with zero attached hydrogens (tertiary/aromatic N) is 1. The lowest BCUT2D eigenvalue weighted by atomic mass is 10.0. The van der Waals surface area contributed by atoms with E-state index in [1.54, 1.807) is 25.0 Å². The first-order valence-electron chi connectivity index (χ1n) is 10.7. The molecule has 168 valence electrons. The van der Waals surface area contributed by atoms with Gasteiger partial charge in [-0.05, 0) is 67.6 Å². The van der Waals surface area contributed by atoms with Crippen molar-refractivity contribution in [1.29, 1.82) is 0 Å². The van der Waals surface area contributed by atoms with Gasteiger partial charge in [0.05, 0.1) is 33.0 Å². The number of ether oxygens (including phenoxy) is 3. The summed E-state index contributed by atoms with van der Waals surface area (Å²) in [5.74, 6) is 1.11. The maximum Gasteiger partial charge on any atom is 0.410 e. The molecule has 0 saturated carbocycles. The van der Waals surface area contributed by atoms with E-state index in [1.165, 1.54) is 12.1 Å². The van der Waals surface area contributed by atoms with Gasteiger partial charge >= 0.3 is 6.09 Å². The molecule has 0 aliphatic carbocycles. The molecule has 1 saturated heterocycles. The number of carbonyl (C=O) groups excluding carboxylic acids is 1. The summed E-state index contributed by atoms with van der Waals surface area (Å²) in [5, 5.41) is 9.95. The van der Waals surface area contributed by atoms with Crippen molar-refractivity contribution in [3.63, 3.8) is 0 Å². The average molecular weight is 432 g/mol. The second-order valence-corrected chi connectivity index (χ2v) is 7.64. The lowest BCUT2D eigenvalue weighted by Crippen LogP contribution is -2.37. The molecule has 0 bridgehead atoms. The number of likely N-dealkylation sites (tertiary alicyclic amines) is 1. The van der Waals surface area contributed by atoms with Crippen LogP contribution in [0.15, 0.2) is 42.5 Å². The highest BCUT2D eigenvalue weighted by molar-refractivity contribution is 5.68. The van der Waals surface area contributed by atoms with Crippen molar-refractivity contribution in [1.82, 2.24) is 4.90 Å². The van der Waals surface area contributed by atoms with Crippen molar-refractivity contribution in [3.05, 3.63) is 59.4 Å². The molecule has 3 rings (SSSR count). The van der Waals surface area contributed by atoms with Gasteiger partial charge in [-0.2, -0.15) is 0 Å². The number of carbonyl (C=O) groups is 1. The standard InChI is InChI=1S/C24H30FNO5/c1-3-30-24(28)26-16-21(27)15-20(26)11-12-31-23-10-9-19(25)14-18(23)8-7-17-5-4-6-22(13-17)29-2/h4-6,9-10,13-14,20-21,27H,3,7-8,11-12,15-16H2,1-2H3/t20-,21-/m1/s1. The Bertz CT molecular complexity index is 875. The Labute approximate surface area is 182 Å². The van der Waals surface area contributed by atoms with Crippen LogP contribution < -0.4 is 9.47 Å². The van der Waals surface area contributed by atoms with Crippen molar-refractivity contribution in [2.45, 2.75) is 44.8 Å². The molecule has 0 unspecified atom stereocenters. The second kappa shape index (κ2) is 11.0. The monoisotopic (exact) mass is 431 g/mol. The quantitative estimate of drug-likeness (QED) is 0.651. The lowest BCUT2D eigenvalue weighted by molar-refractivity contribution is 0.0941. The van der Waals surface area contributed by atoms with Crippen molar-refractivity contribution in [3.8, 4) is 11.5 Å². The third-order valence-electron chi connectivity index (χ3n) is 5.44. The van der Waals surface area contributed by atoms with Gasteiger partial charge in [-0.15, -0.1) is 0 Å². The molecular formula is C24H30FNO5. The van der Waals surface area contributed by atoms with Crippen LogP contribution in [0.3, 0.4) is 0 Å². The largest absolute Gasteiger partial charge is 0.497 e. The predicted octanol–water partition coefficient (Wildman–Crippen LogP) is 3.98. The number of aliphatic hydroxyl groups is 1. The fourth-order valence-electron chi connectivity index (χ4n) is 3.89. The minimum absolute atomic E-state index is 0.144. The van der Waals surface area contributed by atoms with E-state index in [9.17, 15) is 14.3 Å². The van der Waals surface area contributed by atoms with Crippen molar-refractivity contribution in [2.75, 3.05) is 26.9 Å².